The Balaban J connectivity index is 1.88. The minimum atomic E-state index is -0.512. The quantitative estimate of drug-likeness (QED) is 0.840. The first kappa shape index (κ1) is 18.3. The van der Waals surface area contributed by atoms with Crippen LogP contribution < -0.4 is 5.32 Å². The van der Waals surface area contributed by atoms with Crippen LogP contribution in [-0.4, -0.2) is 42.0 Å². The van der Waals surface area contributed by atoms with Crippen LogP contribution >= 0.6 is 11.6 Å². The Hall–Kier alpha value is -2.51. The lowest BCUT2D eigenvalue weighted by molar-refractivity contribution is -0.115. The second-order valence-electron chi connectivity index (χ2n) is 5.88. The van der Waals surface area contributed by atoms with Gasteiger partial charge in [0.15, 0.2) is 0 Å². The molecule has 0 unspecified atom stereocenters. The number of benzene rings is 1. The lowest BCUT2D eigenvalue weighted by Crippen LogP contribution is -2.34. The minimum absolute atomic E-state index is 0.00115. The number of nitrogens with one attached hydrogen (secondary N) is 1. The van der Waals surface area contributed by atoms with E-state index in [0.29, 0.717) is 35.7 Å². The monoisotopic (exact) mass is 377 g/mol. The lowest BCUT2D eigenvalue weighted by atomic mass is 10.1. The molecule has 6 nitrogen and oxygen atoms in total. The zero-order valence-electron chi connectivity index (χ0n) is 14.1. The number of fused-ring (bicyclic) bond motifs is 1. The Labute approximate surface area is 154 Å². The molecule has 2 amide bonds. The number of hydrogen-bond acceptors (Lipinski definition) is 4. The van der Waals surface area contributed by atoms with Crippen LogP contribution in [0.15, 0.2) is 30.5 Å². The molecule has 2 heterocycles. The first-order valence-corrected chi connectivity index (χ1v) is 8.37. The highest BCUT2D eigenvalue weighted by Gasteiger charge is 2.27. The van der Waals surface area contributed by atoms with E-state index in [4.69, 9.17) is 16.3 Å². The topological polar surface area (TPSA) is 71.5 Å². The van der Waals surface area contributed by atoms with Crippen LogP contribution in [0, 0.1) is 5.82 Å². The van der Waals surface area contributed by atoms with Gasteiger partial charge in [-0.3, -0.25) is 9.59 Å². The predicted octanol–water partition coefficient (Wildman–Crippen LogP) is 2.66. The minimum Gasteiger partial charge on any atom is -0.383 e. The lowest BCUT2D eigenvalue weighted by Gasteiger charge is -2.23. The number of rotatable bonds is 6. The summed E-state index contributed by atoms with van der Waals surface area (Å²) in [4.78, 5) is 30.4. The average molecular weight is 378 g/mol. The first-order chi connectivity index (χ1) is 12.5. The predicted molar refractivity (Wildman–Crippen MR) is 94.6 cm³/mol. The van der Waals surface area contributed by atoms with E-state index in [1.54, 1.807) is 24.1 Å². The van der Waals surface area contributed by atoms with Crippen LogP contribution in [0.2, 0.25) is 5.02 Å². The summed E-state index contributed by atoms with van der Waals surface area (Å²) in [6.07, 6.45) is 1.60. The number of methoxy groups -OCH3 is 1. The normalized spacial score (nSPS) is 12.7. The van der Waals surface area contributed by atoms with E-state index in [1.165, 1.54) is 18.3 Å². The SMILES string of the molecule is COCCN(Cc1ccc(F)c(Cl)c1)C(=O)c1ccnc2c1CC(=O)N2. The molecule has 0 bridgehead atoms. The second-order valence-corrected chi connectivity index (χ2v) is 6.29. The van der Waals surface area contributed by atoms with Crippen molar-refractivity contribution < 1.29 is 18.7 Å². The summed E-state index contributed by atoms with van der Waals surface area (Å²) in [6.45, 7) is 0.911. The molecule has 1 aliphatic rings. The molecular weight excluding hydrogens is 361 g/mol. The Bertz CT molecular complexity index is 860. The molecule has 0 saturated heterocycles. The van der Waals surface area contributed by atoms with Gasteiger partial charge in [0, 0.05) is 37.5 Å². The van der Waals surface area contributed by atoms with Gasteiger partial charge in [-0.25, -0.2) is 9.37 Å². The summed E-state index contributed by atoms with van der Waals surface area (Å²) >= 11 is 5.83. The van der Waals surface area contributed by atoms with E-state index >= 15 is 0 Å². The Morgan fingerprint density at radius 3 is 2.96 bits per heavy atom. The molecular formula is C18H17ClFN3O3. The Kier molecular flexibility index (Phi) is 5.49. The molecule has 0 spiro atoms. The number of anilines is 1. The van der Waals surface area contributed by atoms with E-state index in [-0.39, 0.29) is 29.8 Å². The second kappa shape index (κ2) is 7.80. The molecule has 2 aromatic rings. The summed E-state index contributed by atoms with van der Waals surface area (Å²) in [7, 11) is 1.55. The van der Waals surface area contributed by atoms with E-state index in [0.717, 1.165) is 0 Å². The highest BCUT2D eigenvalue weighted by molar-refractivity contribution is 6.30. The molecule has 1 N–H and O–H groups in total. The summed E-state index contributed by atoms with van der Waals surface area (Å²) in [6, 6.07) is 5.94. The number of halogens is 2. The number of carbonyl (C=O) groups excluding carboxylic acids is 2. The van der Waals surface area contributed by atoms with Crippen molar-refractivity contribution in [3.05, 3.63) is 58.0 Å². The van der Waals surface area contributed by atoms with Gasteiger partial charge < -0.3 is 15.0 Å². The third kappa shape index (κ3) is 3.84. The van der Waals surface area contributed by atoms with Crippen molar-refractivity contribution in [2.24, 2.45) is 0 Å². The van der Waals surface area contributed by atoms with Crippen LogP contribution in [0.25, 0.3) is 0 Å². The van der Waals surface area contributed by atoms with Gasteiger partial charge in [0.25, 0.3) is 5.91 Å². The Morgan fingerprint density at radius 2 is 2.23 bits per heavy atom. The van der Waals surface area contributed by atoms with Gasteiger partial charge in [-0.15, -0.1) is 0 Å². The molecule has 0 atom stereocenters. The molecule has 0 saturated carbocycles. The van der Waals surface area contributed by atoms with E-state index in [2.05, 4.69) is 10.3 Å². The summed E-state index contributed by atoms with van der Waals surface area (Å²) in [5.74, 6) is -0.543. The largest absolute Gasteiger partial charge is 0.383 e. The highest BCUT2D eigenvalue weighted by atomic mass is 35.5. The third-order valence-corrected chi connectivity index (χ3v) is 4.38. The van der Waals surface area contributed by atoms with Crippen molar-refractivity contribution in [1.82, 2.24) is 9.88 Å². The molecule has 8 heteroatoms. The average Bonchev–Trinajstić information content (AvgIpc) is 3.01. The fourth-order valence-electron chi connectivity index (χ4n) is 2.80. The molecule has 1 aliphatic heterocycles. The van der Waals surface area contributed by atoms with Gasteiger partial charge in [-0.05, 0) is 23.8 Å². The van der Waals surface area contributed by atoms with E-state index in [1.807, 2.05) is 0 Å². The van der Waals surface area contributed by atoms with Crippen LogP contribution in [0.1, 0.15) is 21.5 Å². The van der Waals surface area contributed by atoms with Crippen LogP contribution in [-0.2, 0) is 22.5 Å². The molecule has 26 heavy (non-hydrogen) atoms. The zero-order valence-corrected chi connectivity index (χ0v) is 14.8. The maximum Gasteiger partial charge on any atom is 0.254 e. The van der Waals surface area contributed by atoms with Crippen molar-refractivity contribution in [3.63, 3.8) is 0 Å². The number of amides is 2. The van der Waals surface area contributed by atoms with Crippen molar-refractivity contribution in [3.8, 4) is 0 Å². The summed E-state index contributed by atoms with van der Waals surface area (Å²) in [5.41, 5.74) is 1.69. The van der Waals surface area contributed by atoms with Crippen LogP contribution in [0.4, 0.5) is 10.2 Å². The molecule has 3 rings (SSSR count). The summed E-state index contributed by atoms with van der Waals surface area (Å²) < 4.78 is 18.5. The number of pyridine rings is 1. The van der Waals surface area contributed by atoms with Crippen molar-refractivity contribution in [1.29, 1.82) is 0 Å². The fraction of sp³-hybridized carbons (Fsp3) is 0.278. The van der Waals surface area contributed by atoms with Crippen molar-refractivity contribution in [2.45, 2.75) is 13.0 Å². The molecule has 0 fully saturated rings. The van der Waals surface area contributed by atoms with Crippen LogP contribution in [0.3, 0.4) is 0 Å². The smallest absolute Gasteiger partial charge is 0.254 e. The first-order valence-electron chi connectivity index (χ1n) is 7.99. The standard InChI is InChI=1S/C18H17ClFN3O3/c1-26-7-6-23(10-11-2-3-15(20)14(19)8-11)18(25)12-4-5-21-17-13(12)9-16(24)22-17/h2-5,8H,6-7,9-10H2,1H3,(H,21,22,24). The maximum absolute atomic E-state index is 13.4. The van der Waals surface area contributed by atoms with Gasteiger partial charge in [0.2, 0.25) is 5.91 Å². The Morgan fingerprint density at radius 1 is 1.42 bits per heavy atom. The number of hydrogen-bond donors (Lipinski definition) is 1. The van der Waals surface area contributed by atoms with Crippen molar-refractivity contribution in [2.75, 3.05) is 25.6 Å². The molecule has 1 aromatic carbocycles. The number of carbonyl (C=O) groups is 2. The highest BCUT2D eigenvalue weighted by Crippen LogP contribution is 2.25. The summed E-state index contributed by atoms with van der Waals surface area (Å²) in [5, 5.41) is 2.63. The molecule has 136 valence electrons. The molecule has 0 radical (unpaired) electrons. The maximum atomic E-state index is 13.4. The van der Waals surface area contributed by atoms with Gasteiger partial charge in [-0.1, -0.05) is 17.7 Å². The fourth-order valence-corrected chi connectivity index (χ4v) is 3.00. The van der Waals surface area contributed by atoms with Gasteiger partial charge >= 0.3 is 0 Å². The number of ether oxygens (including phenoxy) is 1. The van der Waals surface area contributed by atoms with Crippen molar-refractivity contribution >= 4 is 29.2 Å². The zero-order chi connectivity index (χ0) is 18.7. The van der Waals surface area contributed by atoms with Crippen LogP contribution in [0.5, 0.6) is 0 Å². The van der Waals surface area contributed by atoms with E-state index < -0.39 is 5.82 Å². The molecule has 0 aliphatic carbocycles. The van der Waals surface area contributed by atoms with Gasteiger partial charge in [0.1, 0.15) is 11.6 Å². The third-order valence-electron chi connectivity index (χ3n) is 4.09. The van der Waals surface area contributed by atoms with Gasteiger partial charge in [-0.2, -0.15) is 0 Å². The van der Waals surface area contributed by atoms with E-state index in [9.17, 15) is 14.0 Å². The number of nitrogens with zero attached hydrogens (tertiary/aromatic N) is 2. The van der Waals surface area contributed by atoms with Gasteiger partial charge in [0.05, 0.1) is 18.1 Å². The number of aromatic nitrogens is 1. The molecule has 1 aromatic heterocycles.